The Kier molecular flexibility index (Phi) is 7.84. The van der Waals surface area contributed by atoms with Crippen LogP contribution in [0.15, 0.2) is 85.7 Å². The van der Waals surface area contributed by atoms with Gasteiger partial charge in [-0.2, -0.15) is 14.9 Å². The van der Waals surface area contributed by atoms with Crippen LogP contribution in [0.4, 0.5) is 15.0 Å². The van der Waals surface area contributed by atoms with E-state index in [-0.39, 0.29) is 29.7 Å². The largest absolute Gasteiger partial charge is 0.496 e. The van der Waals surface area contributed by atoms with Gasteiger partial charge in [-0.3, -0.25) is 4.79 Å². The quantitative estimate of drug-likeness (QED) is 0.263. The number of hydrogen-bond acceptors (Lipinski definition) is 9. The number of carbonyl (C=O) groups excluding carboxylic acids is 2. The van der Waals surface area contributed by atoms with Crippen LogP contribution in [0.1, 0.15) is 21.5 Å². The predicted molar refractivity (Wildman–Crippen MR) is 163 cm³/mol. The second kappa shape index (κ2) is 12.2. The first kappa shape index (κ1) is 28.9. The molecule has 3 heterocycles. The number of methoxy groups -OCH3 is 1. The van der Waals surface area contributed by atoms with Gasteiger partial charge >= 0.3 is 6.03 Å². The van der Waals surface area contributed by atoms with Crippen LogP contribution in [0.25, 0.3) is 28.0 Å². The van der Waals surface area contributed by atoms with Crippen LogP contribution in [0.5, 0.6) is 5.75 Å². The summed E-state index contributed by atoms with van der Waals surface area (Å²) in [6.45, 7) is 0.527. The highest BCUT2D eigenvalue weighted by atomic mass is 19.1. The Balaban J connectivity index is 1.25. The van der Waals surface area contributed by atoms with E-state index in [9.17, 15) is 14.0 Å². The minimum Gasteiger partial charge on any atom is -0.496 e. The third kappa shape index (κ3) is 5.88. The molecule has 0 saturated heterocycles. The summed E-state index contributed by atoms with van der Waals surface area (Å²) in [5, 5.41) is 12.2. The molecule has 3 N–H and O–H groups in total. The Morgan fingerprint density at radius 3 is 2.60 bits per heavy atom. The zero-order chi connectivity index (χ0) is 31.5. The molecule has 0 bridgehead atoms. The van der Waals surface area contributed by atoms with Crippen LogP contribution in [-0.2, 0) is 13.1 Å². The van der Waals surface area contributed by atoms with Gasteiger partial charge in [0.15, 0.2) is 5.65 Å². The van der Waals surface area contributed by atoms with Crippen molar-refractivity contribution < 1.29 is 18.7 Å². The third-order valence-electron chi connectivity index (χ3n) is 7.10. The molecule has 13 nitrogen and oxygen atoms in total. The zero-order valence-corrected chi connectivity index (χ0v) is 24.3. The lowest BCUT2D eigenvalue weighted by Gasteiger charge is -2.17. The Bertz CT molecular complexity index is 2010. The number of hydrogen-bond donors (Lipinski definition) is 2. The molecule has 0 aliphatic carbocycles. The average molecular weight is 607 g/mol. The molecule has 0 aliphatic rings. The summed E-state index contributed by atoms with van der Waals surface area (Å²) < 4.78 is 21.8. The highest BCUT2D eigenvalue weighted by molar-refractivity contribution is 5.99. The number of anilines is 1. The van der Waals surface area contributed by atoms with Gasteiger partial charge in [0, 0.05) is 25.7 Å². The Morgan fingerprint density at radius 1 is 1.02 bits per heavy atom. The highest BCUT2D eigenvalue weighted by Crippen LogP contribution is 2.32. The lowest BCUT2D eigenvalue weighted by molar-refractivity contribution is 0.0947. The summed E-state index contributed by atoms with van der Waals surface area (Å²) in [5.74, 6) is -0.431. The van der Waals surface area contributed by atoms with E-state index in [1.807, 2.05) is 48.5 Å². The van der Waals surface area contributed by atoms with E-state index in [4.69, 9.17) is 15.6 Å². The molecule has 0 spiro atoms. The number of halogens is 1. The molecule has 0 atom stereocenters. The topological polar surface area (TPSA) is 159 Å². The van der Waals surface area contributed by atoms with Gasteiger partial charge in [0.25, 0.3) is 5.91 Å². The van der Waals surface area contributed by atoms with Gasteiger partial charge in [0.1, 0.15) is 42.1 Å². The number of carbonyl (C=O) groups is 2. The van der Waals surface area contributed by atoms with Gasteiger partial charge < -0.3 is 20.7 Å². The van der Waals surface area contributed by atoms with Crippen molar-refractivity contribution in [2.24, 2.45) is 0 Å². The number of nitrogens with zero attached hydrogens (tertiary/aromatic N) is 8. The van der Waals surface area contributed by atoms with Crippen molar-refractivity contribution in [2.45, 2.75) is 13.1 Å². The molecular weight excluding hydrogens is 579 g/mol. The number of fused-ring (bicyclic) bond motifs is 1. The SMILES string of the molecule is COc1ccc(F)cc1C(=O)NCc1ccc(-c2nn(-c3cccc(CN(C)C(=O)n4cncn4)c3)c3ncnc(N)c23)cc1. The van der Waals surface area contributed by atoms with Crippen molar-refractivity contribution in [3.05, 3.63) is 108 Å². The summed E-state index contributed by atoms with van der Waals surface area (Å²) in [6, 6.07) is 18.5. The van der Waals surface area contributed by atoms with E-state index in [1.165, 1.54) is 43.1 Å². The molecule has 0 saturated carbocycles. The van der Waals surface area contributed by atoms with Crippen molar-refractivity contribution in [1.82, 2.24) is 44.7 Å². The van der Waals surface area contributed by atoms with Crippen LogP contribution in [0.3, 0.4) is 0 Å². The Hall–Kier alpha value is -6.18. The fourth-order valence-corrected chi connectivity index (χ4v) is 4.88. The molecule has 2 amide bonds. The van der Waals surface area contributed by atoms with Crippen molar-refractivity contribution in [3.8, 4) is 22.7 Å². The fourth-order valence-electron chi connectivity index (χ4n) is 4.88. The molecule has 0 radical (unpaired) electrons. The monoisotopic (exact) mass is 606 g/mol. The molecule has 45 heavy (non-hydrogen) atoms. The smallest absolute Gasteiger partial charge is 0.346 e. The molecule has 6 rings (SSSR count). The third-order valence-corrected chi connectivity index (χ3v) is 7.10. The van der Waals surface area contributed by atoms with E-state index >= 15 is 0 Å². The van der Waals surface area contributed by atoms with Crippen molar-refractivity contribution in [3.63, 3.8) is 0 Å². The summed E-state index contributed by atoms with van der Waals surface area (Å²) in [4.78, 5) is 39.4. The first-order valence-electron chi connectivity index (χ1n) is 13.7. The van der Waals surface area contributed by atoms with Crippen LogP contribution < -0.4 is 15.8 Å². The molecule has 0 aliphatic heterocycles. The average Bonchev–Trinajstić information content (AvgIpc) is 3.73. The zero-order valence-electron chi connectivity index (χ0n) is 24.3. The number of aromatic nitrogens is 7. The number of rotatable bonds is 8. The van der Waals surface area contributed by atoms with Crippen molar-refractivity contribution >= 4 is 28.8 Å². The first-order chi connectivity index (χ1) is 21.8. The van der Waals surface area contributed by atoms with Crippen molar-refractivity contribution in [1.29, 1.82) is 0 Å². The van der Waals surface area contributed by atoms with Crippen LogP contribution in [-0.4, -0.2) is 65.5 Å². The number of benzene rings is 3. The van der Waals surface area contributed by atoms with Crippen LogP contribution in [0.2, 0.25) is 0 Å². The lowest BCUT2D eigenvalue weighted by atomic mass is 10.1. The van der Waals surface area contributed by atoms with Gasteiger partial charge in [-0.25, -0.2) is 28.8 Å². The predicted octanol–water partition coefficient (Wildman–Crippen LogP) is 3.83. The first-order valence-corrected chi connectivity index (χ1v) is 13.7. The molecule has 0 unspecified atom stereocenters. The summed E-state index contributed by atoms with van der Waals surface area (Å²) in [6.07, 6.45) is 4.04. The van der Waals surface area contributed by atoms with E-state index in [0.717, 1.165) is 33.1 Å². The van der Waals surface area contributed by atoms with Crippen LogP contribution >= 0.6 is 0 Å². The molecule has 14 heteroatoms. The van der Waals surface area contributed by atoms with E-state index in [2.05, 4.69) is 25.4 Å². The normalized spacial score (nSPS) is 11.0. The van der Waals surface area contributed by atoms with Crippen LogP contribution in [0, 0.1) is 5.82 Å². The molecule has 0 fully saturated rings. The number of amides is 2. The molecule has 3 aromatic carbocycles. The lowest BCUT2D eigenvalue weighted by Crippen LogP contribution is -2.31. The highest BCUT2D eigenvalue weighted by Gasteiger charge is 2.19. The minimum atomic E-state index is -0.530. The maximum Gasteiger partial charge on any atom is 0.346 e. The van der Waals surface area contributed by atoms with Gasteiger partial charge in [-0.05, 0) is 41.5 Å². The molecule has 226 valence electrons. The molecule has 3 aromatic heterocycles. The minimum absolute atomic E-state index is 0.110. The maximum atomic E-state index is 13.7. The van der Waals surface area contributed by atoms with Crippen molar-refractivity contribution in [2.75, 3.05) is 19.9 Å². The van der Waals surface area contributed by atoms with Gasteiger partial charge in [-0.15, -0.1) is 0 Å². The number of nitrogens with one attached hydrogen (secondary N) is 1. The summed E-state index contributed by atoms with van der Waals surface area (Å²) in [5.41, 5.74) is 10.7. The number of nitrogen functional groups attached to an aromatic ring is 1. The number of ether oxygens (including phenoxy) is 1. The maximum absolute atomic E-state index is 13.7. The summed E-state index contributed by atoms with van der Waals surface area (Å²) >= 11 is 0. The second-order valence-corrected chi connectivity index (χ2v) is 10.1. The Labute approximate surface area is 256 Å². The fraction of sp³-hybridized carbons (Fsp3) is 0.129. The van der Waals surface area contributed by atoms with E-state index < -0.39 is 11.7 Å². The van der Waals surface area contributed by atoms with Gasteiger partial charge in [0.2, 0.25) is 0 Å². The van der Waals surface area contributed by atoms with E-state index in [0.29, 0.717) is 23.3 Å². The van der Waals surface area contributed by atoms with Gasteiger partial charge in [-0.1, -0.05) is 36.4 Å². The van der Waals surface area contributed by atoms with E-state index in [1.54, 1.807) is 11.7 Å². The number of nitrogens with two attached hydrogens (primary N) is 1. The Morgan fingerprint density at radius 2 is 1.84 bits per heavy atom. The second-order valence-electron chi connectivity index (χ2n) is 10.1. The standard InChI is InChI=1S/C31H27FN10O3/c1-40(31(44)41-18-34-16-38-41)15-20-4-3-5-23(12-20)42-29-26(28(33)36-17-37-29)27(39-42)21-8-6-19(7-9-21)14-35-30(43)24-13-22(32)10-11-25(24)45-2/h3-13,16-18H,14-15H2,1-2H3,(H,35,43)(H2,33,36,37). The molecular formula is C31H27FN10O3. The van der Waals surface area contributed by atoms with Gasteiger partial charge in [0.05, 0.1) is 23.7 Å². The molecule has 6 aromatic rings. The summed E-state index contributed by atoms with van der Waals surface area (Å²) in [7, 11) is 3.10.